The second kappa shape index (κ2) is 14.1. The Morgan fingerprint density at radius 1 is 1.06 bits per heavy atom. The molecule has 0 heterocycles. The van der Waals surface area contributed by atoms with Gasteiger partial charge in [0.1, 0.15) is 30.0 Å². The van der Waals surface area contributed by atoms with E-state index in [-0.39, 0.29) is 31.0 Å². The Balaban J connectivity index is 1.34. The number of aromatic hydroxyl groups is 1. The molecule has 1 aliphatic rings. The number of aliphatic hydroxyl groups excluding tert-OH is 2. The van der Waals surface area contributed by atoms with Crippen LogP contribution in [0.25, 0.3) is 0 Å². The third-order valence-electron chi connectivity index (χ3n) is 6.22. The van der Waals surface area contributed by atoms with Crippen molar-refractivity contribution in [2.45, 2.75) is 56.9 Å². The average molecular weight is 528 g/mol. The van der Waals surface area contributed by atoms with E-state index in [0.717, 1.165) is 44.1 Å². The first kappa shape index (κ1) is 27.8. The summed E-state index contributed by atoms with van der Waals surface area (Å²) in [7, 11) is -3.04. The number of phenols is 1. The summed E-state index contributed by atoms with van der Waals surface area (Å²) in [4.78, 5) is 0. The van der Waals surface area contributed by atoms with Crippen LogP contribution in [-0.4, -0.2) is 53.1 Å². The summed E-state index contributed by atoms with van der Waals surface area (Å²) in [5, 5.41) is 32.1. The van der Waals surface area contributed by atoms with Gasteiger partial charge in [0.2, 0.25) is 0 Å². The zero-order chi connectivity index (χ0) is 25.1. The number of nitrogens with one attached hydrogen (secondary N) is 1. The van der Waals surface area contributed by atoms with Gasteiger partial charge in [0.15, 0.2) is 6.35 Å². The first-order chi connectivity index (χ1) is 16.9. The Morgan fingerprint density at radius 2 is 1.77 bits per heavy atom. The van der Waals surface area contributed by atoms with Gasteiger partial charge in [0.25, 0.3) is 7.37 Å². The van der Waals surface area contributed by atoms with Crippen LogP contribution in [0.15, 0.2) is 42.5 Å². The van der Waals surface area contributed by atoms with Gasteiger partial charge in [-0.1, -0.05) is 31.4 Å². The molecule has 0 amide bonds. The van der Waals surface area contributed by atoms with E-state index in [4.69, 9.17) is 25.4 Å². The molecule has 0 bridgehead atoms. The van der Waals surface area contributed by atoms with Gasteiger partial charge in [-0.25, -0.2) is 4.08 Å². The molecule has 2 aromatic carbocycles. The third-order valence-corrected chi connectivity index (χ3v) is 9.27. The molecule has 0 aromatic heterocycles. The molecule has 2 atom stereocenters. The summed E-state index contributed by atoms with van der Waals surface area (Å²) >= 11 is 5.60. The van der Waals surface area contributed by atoms with E-state index >= 15 is 0 Å². The number of hydrogen-bond donors (Lipinski definition) is 4. The maximum absolute atomic E-state index is 13.0. The molecular weight excluding hydrogens is 493 g/mol. The van der Waals surface area contributed by atoms with E-state index in [1.165, 1.54) is 6.07 Å². The van der Waals surface area contributed by atoms with Crippen molar-refractivity contribution in [3.05, 3.63) is 53.6 Å². The molecule has 0 aliphatic heterocycles. The molecule has 194 valence electrons. The summed E-state index contributed by atoms with van der Waals surface area (Å²) in [5.41, 5.74) is 1.44. The van der Waals surface area contributed by atoms with E-state index in [1.807, 2.05) is 24.3 Å². The van der Waals surface area contributed by atoms with Crippen molar-refractivity contribution in [2.75, 3.05) is 26.0 Å². The largest absolute Gasteiger partial charge is 0.508 e. The van der Waals surface area contributed by atoms with Crippen LogP contribution in [0.5, 0.6) is 17.2 Å². The Bertz CT molecular complexity index is 953. The van der Waals surface area contributed by atoms with Crippen LogP contribution in [0.2, 0.25) is 0 Å². The molecular formula is C25H35ClNO7P. The van der Waals surface area contributed by atoms with Crippen molar-refractivity contribution < 1.29 is 33.4 Å². The average Bonchev–Trinajstić information content (AvgIpc) is 2.90. The lowest BCUT2D eigenvalue weighted by molar-refractivity contribution is 0.106. The second-order valence-electron chi connectivity index (χ2n) is 8.87. The predicted molar refractivity (Wildman–Crippen MR) is 135 cm³/mol. The van der Waals surface area contributed by atoms with Crippen LogP contribution < -0.4 is 14.8 Å². The lowest BCUT2D eigenvalue weighted by Crippen LogP contribution is -2.32. The Labute approximate surface area is 211 Å². The number of hydrogen-bond acceptors (Lipinski definition) is 8. The van der Waals surface area contributed by atoms with Crippen LogP contribution in [-0.2, 0) is 21.7 Å². The number of halogens is 1. The molecule has 2 unspecified atom stereocenters. The lowest BCUT2D eigenvalue weighted by Gasteiger charge is -2.27. The number of rotatable bonds is 14. The van der Waals surface area contributed by atoms with Crippen LogP contribution in [0.1, 0.15) is 43.2 Å². The van der Waals surface area contributed by atoms with E-state index < -0.39 is 13.5 Å². The molecule has 1 aliphatic carbocycles. The molecule has 10 heteroatoms. The van der Waals surface area contributed by atoms with E-state index in [9.17, 15) is 19.9 Å². The first-order valence-electron chi connectivity index (χ1n) is 12.0. The molecule has 3 rings (SSSR count). The zero-order valence-electron chi connectivity index (χ0n) is 19.8. The van der Waals surface area contributed by atoms with Gasteiger partial charge in [0, 0.05) is 17.8 Å². The Morgan fingerprint density at radius 3 is 2.46 bits per heavy atom. The van der Waals surface area contributed by atoms with E-state index in [2.05, 4.69) is 5.32 Å². The van der Waals surface area contributed by atoms with Gasteiger partial charge in [0.05, 0.1) is 18.5 Å². The van der Waals surface area contributed by atoms with Crippen molar-refractivity contribution >= 4 is 19.2 Å². The fraction of sp³-hybridized carbons (Fsp3) is 0.520. The minimum Gasteiger partial charge on any atom is -0.508 e. The summed E-state index contributed by atoms with van der Waals surface area (Å²) in [5.74, 6) is 1.10. The van der Waals surface area contributed by atoms with Crippen molar-refractivity contribution in [2.24, 2.45) is 0 Å². The monoisotopic (exact) mass is 527 g/mol. The second-order valence-corrected chi connectivity index (χ2v) is 11.9. The highest BCUT2D eigenvalue weighted by molar-refractivity contribution is 7.60. The van der Waals surface area contributed by atoms with Crippen LogP contribution in [0, 0.1) is 0 Å². The summed E-state index contributed by atoms with van der Waals surface area (Å²) in [6.07, 6.45) is 5.01. The van der Waals surface area contributed by atoms with Crippen LogP contribution in [0.4, 0.5) is 0 Å². The van der Waals surface area contributed by atoms with Gasteiger partial charge < -0.3 is 30.1 Å². The molecule has 4 N–H and O–H groups in total. The molecule has 0 spiro atoms. The Kier molecular flexibility index (Phi) is 11.2. The molecule has 0 saturated heterocycles. The normalized spacial score (nSPS) is 17.0. The highest BCUT2D eigenvalue weighted by Gasteiger charge is 2.36. The van der Waals surface area contributed by atoms with Crippen molar-refractivity contribution in [1.82, 2.24) is 5.32 Å². The SMILES string of the molecule is O=P(COc1ccc(CCNCC(O)COc2ccc(O)c(CO)c2)cc1)(OCl)C1CCCCC1. The standard InChI is InChI=1S/C25H35ClNO7P/c26-34-35(31,24-4-2-1-3-5-24)18-33-22-8-6-19(7-9-22)12-13-27-15-21(29)17-32-23-10-11-25(30)20(14-23)16-28/h6-11,14,21,24,27-30H,1-5,12-13,15-18H2. The van der Waals surface area contributed by atoms with E-state index in [0.29, 0.717) is 30.2 Å². The summed E-state index contributed by atoms with van der Waals surface area (Å²) in [6.45, 7) is 0.831. The van der Waals surface area contributed by atoms with Crippen molar-refractivity contribution in [3.8, 4) is 17.2 Å². The summed E-state index contributed by atoms with van der Waals surface area (Å²) in [6, 6.07) is 12.2. The van der Waals surface area contributed by atoms with Gasteiger partial charge in [-0.05, 0) is 61.7 Å². The zero-order valence-corrected chi connectivity index (χ0v) is 21.4. The van der Waals surface area contributed by atoms with E-state index in [1.54, 1.807) is 12.1 Å². The van der Waals surface area contributed by atoms with Crippen LogP contribution in [0.3, 0.4) is 0 Å². The minimum atomic E-state index is -3.04. The van der Waals surface area contributed by atoms with Crippen LogP contribution >= 0.6 is 19.2 Å². The topological polar surface area (TPSA) is 117 Å². The number of benzene rings is 2. The minimum absolute atomic E-state index is 0.00498. The van der Waals surface area contributed by atoms with Gasteiger partial charge in [-0.15, -0.1) is 0 Å². The molecule has 1 saturated carbocycles. The molecule has 35 heavy (non-hydrogen) atoms. The third kappa shape index (κ3) is 8.67. The van der Waals surface area contributed by atoms with Gasteiger partial charge >= 0.3 is 0 Å². The fourth-order valence-electron chi connectivity index (χ4n) is 4.10. The lowest BCUT2D eigenvalue weighted by atomic mass is 10.0. The maximum Gasteiger partial charge on any atom is 0.259 e. The predicted octanol–water partition coefficient (Wildman–Crippen LogP) is 4.57. The first-order valence-corrected chi connectivity index (χ1v) is 14.2. The number of ether oxygens (including phenoxy) is 2. The fourth-order valence-corrected chi connectivity index (χ4v) is 6.41. The highest BCUT2D eigenvalue weighted by Crippen LogP contribution is 2.57. The smallest absolute Gasteiger partial charge is 0.259 e. The Hall–Kier alpha value is -1.80. The maximum atomic E-state index is 13.0. The molecule has 1 fully saturated rings. The quantitative estimate of drug-likeness (QED) is 0.208. The number of aliphatic hydroxyl groups is 2. The highest BCUT2D eigenvalue weighted by atomic mass is 35.5. The summed E-state index contributed by atoms with van der Waals surface area (Å²) < 4.78 is 29.2. The molecule has 2 aromatic rings. The van der Waals surface area contributed by atoms with Gasteiger partial charge in [-0.2, -0.15) is 0 Å². The van der Waals surface area contributed by atoms with Crippen molar-refractivity contribution in [1.29, 1.82) is 0 Å². The van der Waals surface area contributed by atoms with Gasteiger partial charge in [-0.3, -0.25) is 4.57 Å². The molecule has 8 nitrogen and oxygen atoms in total. The van der Waals surface area contributed by atoms with Crippen molar-refractivity contribution in [3.63, 3.8) is 0 Å². The molecule has 0 radical (unpaired) electrons.